The zero-order valence-corrected chi connectivity index (χ0v) is 12.0. The van der Waals surface area contributed by atoms with Crippen LogP contribution in [0.3, 0.4) is 0 Å². The zero-order chi connectivity index (χ0) is 14.7. The van der Waals surface area contributed by atoms with Crippen LogP contribution in [0.4, 0.5) is 0 Å². The van der Waals surface area contributed by atoms with Crippen molar-refractivity contribution in [3.63, 3.8) is 0 Å². The third kappa shape index (κ3) is 3.43. The van der Waals surface area contributed by atoms with Crippen molar-refractivity contribution in [2.45, 2.75) is 13.0 Å². The van der Waals surface area contributed by atoms with Crippen molar-refractivity contribution in [1.82, 2.24) is 9.80 Å². The summed E-state index contributed by atoms with van der Waals surface area (Å²) < 4.78 is 5.57. The van der Waals surface area contributed by atoms with Crippen LogP contribution in [0.25, 0.3) is 11.0 Å². The van der Waals surface area contributed by atoms with Gasteiger partial charge in [0.1, 0.15) is 5.58 Å². The third-order valence-corrected chi connectivity index (χ3v) is 4.06. The first-order valence-electron chi connectivity index (χ1n) is 7.34. The van der Waals surface area contributed by atoms with Crippen LogP contribution in [-0.4, -0.2) is 53.6 Å². The molecule has 1 saturated heterocycles. The second kappa shape index (κ2) is 6.28. The molecule has 5 nitrogen and oxygen atoms in total. The molecule has 0 bridgehead atoms. The highest BCUT2D eigenvalue weighted by Gasteiger charge is 2.18. The molecule has 2 aromatic rings. The summed E-state index contributed by atoms with van der Waals surface area (Å²) in [5.74, 6) is -0.720. The van der Waals surface area contributed by atoms with Crippen molar-refractivity contribution in [3.05, 3.63) is 36.1 Å². The molecule has 1 N–H and O–H groups in total. The second-order valence-corrected chi connectivity index (χ2v) is 5.52. The molecule has 112 valence electrons. The van der Waals surface area contributed by atoms with Gasteiger partial charge in [0.15, 0.2) is 0 Å². The molecule has 0 radical (unpaired) electrons. The Morgan fingerprint density at radius 2 is 1.86 bits per heavy atom. The number of rotatable bonds is 5. The molecule has 1 aromatic heterocycles. The van der Waals surface area contributed by atoms with E-state index in [2.05, 4.69) is 15.9 Å². The summed E-state index contributed by atoms with van der Waals surface area (Å²) in [6.07, 6.45) is 2.08. The molecule has 1 aliphatic heterocycles. The van der Waals surface area contributed by atoms with Gasteiger partial charge in [-0.15, -0.1) is 0 Å². The highest BCUT2D eigenvalue weighted by molar-refractivity contribution is 5.80. The first-order chi connectivity index (χ1) is 10.2. The lowest BCUT2D eigenvalue weighted by molar-refractivity contribution is -0.137. The number of carbonyl (C=O) groups is 1. The Morgan fingerprint density at radius 1 is 1.14 bits per heavy atom. The number of aliphatic carboxylic acids is 1. The molecular weight excluding hydrogens is 268 g/mol. The van der Waals surface area contributed by atoms with Gasteiger partial charge in [0.25, 0.3) is 0 Å². The number of carboxylic acid groups (broad SMARTS) is 1. The fourth-order valence-corrected chi connectivity index (χ4v) is 2.82. The Kier molecular flexibility index (Phi) is 4.22. The van der Waals surface area contributed by atoms with E-state index in [-0.39, 0.29) is 6.42 Å². The van der Waals surface area contributed by atoms with Gasteiger partial charge in [0.05, 0.1) is 12.7 Å². The molecular formula is C16H20N2O3. The normalized spacial score (nSPS) is 17.3. The summed E-state index contributed by atoms with van der Waals surface area (Å²) in [6.45, 7) is 5.35. The molecule has 0 saturated carbocycles. The van der Waals surface area contributed by atoms with Gasteiger partial charge >= 0.3 is 5.97 Å². The predicted molar refractivity (Wildman–Crippen MR) is 80.2 cm³/mol. The van der Waals surface area contributed by atoms with Gasteiger partial charge in [-0.1, -0.05) is 18.2 Å². The van der Waals surface area contributed by atoms with Crippen LogP contribution in [0.15, 0.2) is 34.9 Å². The average molecular weight is 288 g/mol. The number of carboxylic acids is 1. The summed E-state index contributed by atoms with van der Waals surface area (Å²) in [4.78, 5) is 15.2. The second-order valence-electron chi connectivity index (χ2n) is 5.52. The van der Waals surface area contributed by atoms with Crippen molar-refractivity contribution in [1.29, 1.82) is 0 Å². The Balaban J connectivity index is 1.54. The number of nitrogens with zero attached hydrogens (tertiary/aromatic N) is 2. The Morgan fingerprint density at radius 3 is 2.62 bits per heavy atom. The lowest BCUT2D eigenvalue weighted by Crippen LogP contribution is -2.46. The molecule has 0 aliphatic carbocycles. The molecule has 0 atom stereocenters. The van der Waals surface area contributed by atoms with E-state index in [1.807, 2.05) is 24.5 Å². The molecule has 0 spiro atoms. The predicted octanol–water partition coefficient (Wildman–Crippen LogP) is 2.03. The topological polar surface area (TPSA) is 56.9 Å². The van der Waals surface area contributed by atoms with Crippen molar-refractivity contribution in [2.75, 3.05) is 32.7 Å². The smallest absolute Gasteiger partial charge is 0.304 e. The quantitative estimate of drug-likeness (QED) is 0.912. The molecule has 3 rings (SSSR count). The van der Waals surface area contributed by atoms with E-state index in [0.717, 1.165) is 38.3 Å². The van der Waals surface area contributed by atoms with Gasteiger partial charge in [-0.2, -0.15) is 0 Å². The first-order valence-corrected chi connectivity index (χ1v) is 7.34. The SMILES string of the molecule is O=C(O)CCN1CCN(Cc2coc3ccccc23)CC1. The maximum atomic E-state index is 10.6. The first kappa shape index (κ1) is 14.1. The molecule has 0 amide bonds. The van der Waals surface area contributed by atoms with Crippen molar-refractivity contribution < 1.29 is 14.3 Å². The van der Waals surface area contributed by atoms with E-state index in [9.17, 15) is 4.79 Å². The fraction of sp³-hybridized carbons (Fsp3) is 0.438. The van der Waals surface area contributed by atoms with E-state index >= 15 is 0 Å². The number of furan rings is 1. The Labute approximate surface area is 123 Å². The van der Waals surface area contributed by atoms with Crippen molar-refractivity contribution in [3.8, 4) is 0 Å². The molecule has 1 fully saturated rings. The zero-order valence-electron chi connectivity index (χ0n) is 12.0. The maximum Gasteiger partial charge on any atom is 0.304 e. The number of para-hydroxylation sites is 1. The monoisotopic (exact) mass is 288 g/mol. The third-order valence-electron chi connectivity index (χ3n) is 4.06. The van der Waals surface area contributed by atoms with E-state index in [1.54, 1.807) is 0 Å². The molecule has 1 aliphatic rings. The molecule has 5 heteroatoms. The van der Waals surface area contributed by atoms with Crippen molar-refractivity contribution >= 4 is 16.9 Å². The van der Waals surface area contributed by atoms with E-state index in [1.165, 1.54) is 10.9 Å². The van der Waals surface area contributed by atoms with E-state index < -0.39 is 5.97 Å². The summed E-state index contributed by atoms with van der Waals surface area (Å²) in [6, 6.07) is 8.10. The van der Waals surface area contributed by atoms with Crippen LogP contribution < -0.4 is 0 Å². The van der Waals surface area contributed by atoms with Gasteiger partial charge < -0.3 is 14.4 Å². The number of piperazine rings is 1. The van der Waals surface area contributed by atoms with Gasteiger partial charge in [-0.25, -0.2) is 0 Å². The Hall–Kier alpha value is -1.85. The number of fused-ring (bicyclic) bond motifs is 1. The van der Waals surface area contributed by atoms with Crippen LogP contribution >= 0.6 is 0 Å². The van der Waals surface area contributed by atoms with Crippen LogP contribution in [-0.2, 0) is 11.3 Å². The van der Waals surface area contributed by atoms with Crippen LogP contribution in [0.5, 0.6) is 0 Å². The average Bonchev–Trinajstić information content (AvgIpc) is 2.90. The Bertz CT molecular complexity index is 615. The molecule has 2 heterocycles. The highest BCUT2D eigenvalue weighted by atomic mass is 16.4. The number of hydrogen-bond donors (Lipinski definition) is 1. The largest absolute Gasteiger partial charge is 0.481 e. The maximum absolute atomic E-state index is 10.6. The lowest BCUT2D eigenvalue weighted by Gasteiger charge is -2.34. The summed E-state index contributed by atoms with van der Waals surface area (Å²) in [5, 5.41) is 9.91. The van der Waals surface area contributed by atoms with Crippen LogP contribution in [0, 0.1) is 0 Å². The standard InChI is InChI=1S/C16H20N2O3/c19-16(20)5-6-17-7-9-18(10-8-17)11-13-12-21-15-4-2-1-3-14(13)15/h1-4,12H,5-11H2,(H,19,20). The molecule has 0 unspecified atom stereocenters. The van der Waals surface area contributed by atoms with E-state index in [4.69, 9.17) is 9.52 Å². The highest BCUT2D eigenvalue weighted by Crippen LogP contribution is 2.22. The number of hydrogen-bond acceptors (Lipinski definition) is 4. The van der Waals surface area contributed by atoms with Crippen LogP contribution in [0.2, 0.25) is 0 Å². The molecule has 21 heavy (non-hydrogen) atoms. The van der Waals surface area contributed by atoms with Crippen LogP contribution in [0.1, 0.15) is 12.0 Å². The van der Waals surface area contributed by atoms with Gasteiger partial charge in [0, 0.05) is 50.2 Å². The van der Waals surface area contributed by atoms with Crippen molar-refractivity contribution in [2.24, 2.45) is 0 Å². The summed E-state index contributed by atoms with van der Waals surface area (Å²) in [7, 11) is 0. The fourth-order valence-electron chi connectivity index (χ4n) is 2.82. The minimum absolute atomic E-state index is 0.229. The molecule has 1 aromatic carbocycles. The van der Waals surface area contributed by atoms with Gasteiger partial charge in [0.2, 0.25) is 0 Å². The van der Waals surface area contributed by atoms with E-state index in [0.29, 0.717) is 6.54 Å². The summed E-state index contributed by atoms with van der Waals surface area (Å²) >= 11 is 0. The minimum Gasteiger partial charge on any atom is -0.481 e. The van der Waals surface area contributed by atoms with Gasteiger partial charge in [-0.05, 0) is 6.07 Å². The number of benzene rings is 1. The lowest BCUT2D eigenvalue weighted by atomic mass is 10.1. The minimum atomic E-state index is -0.720. The van der Waals surface area contributed by atoms with Gasteiger partial charge in [-0.3, -0.25) is 9.69 Å². The summed E-state index contributed by atoms with van der Waals surface area (Å²) in [5.41, 5.74) is 2.16.